The first kappa shape index (κ1) is 10.7. The Morgan fingerprint density at radius 2 is 2.07 bits per heavy atom. The zero-order valence-corrected chi connectivity index (χ0v) is 8.62. The molecule has 0 spiro atoms. The number of hydrogen-bond donors (Lipinski definition) is 0. The maximum absolute atomic E-state index is 12.6. The van der Waals surface area contributed by atoms with E-state index in [1.807, 2.05) is 0 Å². The van der Waals surface area contributed by atoms with Gasteiger partial charge in [-0.05, 0) is 25.7 Å². The minimum Gasteiger partial charge on any atom is -0.294 e. The normalized spacial score (nSPS) is 17.1. The van der Waals surface area contributed by atoms with Crippen LogP contribution in [-0.4, -0.2) is 4.57 Å². The Hall–Kier alpha value is -0.780. The summed E-state index contributed by atoms with van der Waals surface area (Å²) < 4.78 is 38.6. The summed E-state index contributed by atoms with van der Waals surface area (Å²) in [5.41, 5.74) is -0.871. The fourth-order valence-electron chi connectivity index (χ4n) is 1.49. The lowest BCUT2D eigenvalue weighted by atomic mass is 10.3. The molecule has 6 heteroatoms. The zero-order valence-electron chi connectivity index (χ0n) is 7.80. The molecule has 0 saturated heterocycles. The van der Waals surface area contributed by atoms with Crippen LogP contribution in [0.5, 0.6) is 0 Å². The molecule has 0 unspecified atom stereocenters. The van der Waals surface area contributed by atoms with E-state index in [4.69, 9.17) is 0 Å². The molecule has 1 radical (unpaired) electrons. The molecule has 0 aliphatic heterocycles. The van der Waals surface area contributed by atoms with Crippen molar-refractivity contribution in [3.63, 3.8) is 0 Å². The predicted octanol–water partition coefficient (Wildman–Crippen LogP) is 2.52. The van der Waals surface area contributed by atoms with Gasteiger partial charge >= 0.3 is 11.0 Å². The van der Waals surface area contributed by atoms with Crippen molar-refractivity contribution in [2.45, 2.75) is 25.6 Å². The van der Waals surface area contributed by atoms with Gasteiger partial charge in [0, 0.05) is 11.4 Å². The van der Waals surface area contributed by atoms with E-state index in [0.717, 1.165) is 17.4 Å². The van der Waals surface area contributed by atoms with Crippen molar-refractivity contribution < 1.29 is 13.2 Å². The second-order valence-corrected chi connectivity index (χ2v) is 4.74. The van der Waals surface area contributed by atoms with Gasteiger partial charge in [-0.2, -0.15) is 13.2 Å². The third-order valence-corrected chi connectivity index (χ3v) is 3.21. The molecule has 2 rings (SSSR count). The zero-order chi connectivity index (χ0) is 11.2. The minimum absolute atomic E-state index is 0.180. The van der Waals surface area contributed by atoms with Gasteiger partial charge in [-0.1, -0.05) is 11.3 Å². The van der Waals surface area contributed by atoms with E-state index in [-0.39, 0.29) is 17.3 Å². The van der Waals surface area contributed by atoms with Crippen LogP contribution in [0.1, 0.15) is 23.4 Å². The van der Waals surface area contributed by atoms with Crippen molar-refractivity contribution in [3.8, 4) is 0 Å². The average molecular weight is 236 g/mol. The predicted molar refractivity (Wildman–Crippen MR) is 50.8 cm³/mol. The third kappa shape index (κ3) is 2.09. The molecule has 1 aromatic heterocycles. The Labute approximate surface area is 88.3 Å². The Kier molecular flexibility index (Phi) is 2.41. The fourth-order valence-corrected chi connectivity index (χ4v) is 2.30. The lowest BCUT2D eigenvalue weighted by Gasteiger charge is -2.10. The molecule has 1 aliphatic carbocycles. The molecular formula is C9H9F3NOS. The van der Waals surface area contributed by atoms with Crippen LogP contribution in [0.3, 0.4) is 0 Å². The van der Waals surface area contributed by atoms with Crippen LogP contribution in [0, 0.1) is 12.8 Å². The van der Waals surface area contributed by atoms with Crippen LogP contribution in [0.25, 0.3) is 0 Å². The van der Waals surface area contributed by atoms with Crippen LogP contribution in [0.2, 0.25) is 0 Å². The summed E-state index contributed by atoms with van der Waals surface area (Å²) >= 11 is 0.569. The second-order valence-electron chi connectivity index (χ2n) is 3.69. The number of rotatable bonds is 2. The van der Waals surface area contributed by atoms with Gasteiger partial charge in [-0.15, -0.1) is 0 Å². The Morgan fingerprint density at radius 1 is 1.47 bits per heavy atom. The highest BCUT2D eigenvalue weighted by Crippen LogP contribution is 2.36. The van der Waals surface area contributed by atoms with Crippen molar-refractivity contribution in [2.75, 3.05) is 0 Å². The molecule has 1 saturated carbocycles. The van der Waals surface area contributed by atoms with E-state index in [2.05, 4.69) is 6.92 Å². The fraction of sp³-hybridized carbons (Fsp3) is 0.556. The van der Waals surface area contributed by atoms with Gasteiger partial charge in [-0.3, -0.25) is 9.36 Å². The van der Waals surface area contributed by atoms with Crippen molar-refractivity contribution in [3.05, 3.63) is 27.2 Å². The number of alkyl halides is 3. The summed E-state index contributed by atoms with van der Waals surface area (Å²) in [6.07, 6.45) is -2.66. The van der Waals surface area contributed by atoms with Gasteiger partial charge in [0.15, 0.2) is 0 Å². The van der Waals surface area contributed by atoms with Crippen molar-refractivity contribution >= 4 is 11.3 Å². The molecule has 0 aromatic carbocycles. The smallest absolute Gasteiger partial charge is 0.294 e. The van der Waals surface area contributed by atoms with E-state index < -0.39 is 16.7 Å². The monoisotopic (exact) mass is 236 g/mol. The quantitative estimate of drug-likeness (QED) is 0.773. The molecule has 1 heterocycles. The lowest BCUT2D eigenvalue weighted by molar-refractivity contribution is -0.144. The van der Waals surface area contributed by atoms with E-state index in [9.17, 15) is 18.0 Å². The van der Waals surface area contributed by atoms with E-state index >= 15 is 0 Å². The molecule has 1 aliphatic rings. The lowest BCUT2D eigenvalue weighted by Crippen LogP contribution is -2.22. The number of nitrogens with zero attached hydrogens (tertiary/aromatic N) is 1. The van der Waals surface area contributed by atoms with Crippen LogP contribution < -0.4 is 4.87 Å². The maximum atomic E-state index is 12.6. The molecule has 0 atom stereocenters. The van der Waals surface area contributed by atoms with Gasteiger partial charge < -0.3 is 0 Å². The Balaban J connectivity index is 2.45. The summed E-state index contributed by atoms with van der Waals surface area (Å²) in [7, 11) is 0. The van der Waals surface area contributed by atoms with E-state index in [1.54, 1.807) is 0 Å². The number of hydrogen-bond acceptors (Lipinski definition) is 2. The number of aromatic nitrogens is 1. The van der Waals surface area contributed by atoms with Gasteiger partial charge in [0.05, 0.1) is 0 Å². The summed E-state index contributed by atoms with van der Waals surface area (Å²) in [6, 6.07) is 0. The van der Waals surface area contributed by atoms with Crippen molar-refractivity contribution in [1.82, 2.24) is 4.57 Å². The Morgan fingerprint density at radius 3 is 2.53 bits per heavy atom. The topological polar surface area (TPSA) is 22.0 Å². The van der Waals surface area contributed by atoms with Crippen LogP contribution in [0.15, 0.2) is 4.79 Å². The summed E-state index contributed by atoms with van der Waals surface area (Å²) in [5.74, 6) is 0.234. The van der Waals surface area contributed by atoms with Gasteiger partial charge in [-0.25, -0.2) is 0 Å². The highest BCUT2D eigenvalue weighted by Gasteiger charge is 2.39. The minimum atomic E-state index is -4.48. The standard InChI is InChI=1S/C9H9F3NOS/c1-5-7(9(10,11)12)13(8(14)15-5)4-6-2-3-6/h6H,1-4H2. The molecule has 0 amide bonds. The van der Waals surface area contributed by atoms with E-state index in [1.165, 1.54) is 0 Å². The second kappa shape index (κ2) is 3.37. The molecule has 2 nitrogen and oxygen atoms in total. The van der Waals surface area contributed by atoms with Crippen molar-refractivity contribution in [2.24, 2.45) is 5.92 Å². The van der Waals surface area contributed by atoms with Gasteiger partial charge in [0.1, 0.15) is 5.69 Å². The molecule has 0 N–H and O–H groups in total. The van der Waals surface area contributed by atoms with Crippen LogP contribution in [0.4, 0.5) is 13.2 Å². The first-order valence-corrected chi connectivity index (χ1v) is 5.34. The van der Waals surface area contributed by atoms with Crippen LogP contribution in [-0.2, 0) is 12.7 Å². The number of thiazole rings is 1. The first-order chi connectivity index (χ1) is 6.89. The molecule has 0 bridgehead atoms. The summed E-state index contributed by atoms with van der Waals surface area (Å²) in [4.78, 5) is 10.6. The SMILES string of the molecule is [CH2]c1sc(=O)n(CC2CC2)c1C(F)(F)F. The first-order valence-electron chi connectivity index (χ1n) is 4.52. The maximum Gasteiger partial charge on any atom is 0.432 e. The summed E-state index contributed by atoms with van der Waals surface area (Å²) in [5, 5.41) is 0. The third-order valence-electron chi connectivity index (χ3n) is 2.37. The highest BCUT2D eigenvalue weighted by molar-refractivity contribution is 7.09. The summed E-state index contributed by atoms with van der Waals surface area (Å²) in [6.45, 7) is 3.45. The molecule has 15 heavy (non-hydrogen) atoms. The van der Waals surface area contributed by atoms with E-state index in [0.29, 0.717) is 11.3 Å². The molecular weight excluding hydrogens is 227 g/mol. The van der Waals surface area contributed by atoms with Gasteiger partial charge in [0.25, 0.3) is 0 Å². The largest absolute Gasteiger partial charge is 0.432 e. The molecule has 1 aromatic rings. The molecule has 1 fully saturated rings. The van der Waals surface area contributed by atoms with Crippen LogP contribution >= 0.6 is 11.3 Å². The number of halogens is 3. The van der Waals surface area contributed by atoms with Gasteiger partial charge in [0.2, 0.25) is 0 Å². The average Bonchev–Trinajstić information content (AvgIpc) is 2.78. The van der Waals surface area contributed by atoms with Crippen molar-refractivity contribution in [1.29, 1.82) is 0 Å². The highest BCUT2D eigenvalue weighted by atomic mass is 32.1. The molecule has 83 valence electrons. The Bertz CT molecular complexity index is 428.